The second-order valence-electron chi connectivity index (χ2n) is 8.04. The zero-order valence-electron chi connectivity index (χ0n) is 15.1. The molecule has 0 aromatic heterocycles. The number of nitrogens with zero attached hydrogens (tertiary/aromatic N) is 3. The van der Waals surface area contributed by atoms with Crippen LogP contribution in [0.1, 0.15) is 33.6 Å². The number of amides is 1. The minimum Gasteiger partial charge on any atom is -0.444 e. The van der Waals surface area contributed by atoms with Crippen LogP contribution in [0.4, 0.5) is 4.79 Å². The first-order chi connectivity index (χ1) is 11.7. The van der Waals surface area contributed by atoms with Crippen molar-refractivity contribution in [2.45, 2.75) is 63.6 Å². The molecule has 3 saturated heterocycles. The van der Waals surface area contributed by atoms with Crippen molar-refractivity contribution >= 4 is 6.09 Å². The number of carbonyl (C=O) groups excluding carboxylic acids is 1. The van der Waals surface area contributed by atoms with Crippen molar-refractivity contribution in [1.82, 2.24) is 15.1 Å². The molecule has 9 heteroatoms. The number of likely N-dealkylation sites (tertiary alicyclic amines) is 1. The SMILES string of the molecule is CC(C)(C)OC(=O)N1CC2OCCN(C3CCC([N+](=O)[O-])NC3)C2C1. The average Bonchev–Trinajstić information content (AvgIpc) is 2.97. The zero-order valence-corrected chi connectivity index (χ0v) is 15.1. The molecule has 4 atom stereocenters. The van der Waals surface area contributed by atoms with Crippen LogP contribution in [0.25, 0.3) is 0 Å². The highest BCUT2D eigenvalue weighted by Gasteiger charge is 2.45. The van der Waals surface area contributed by atoms with Gasteiger partial charge in [0.05, 0.1) is 25.3 Å². The van der Waals surface area contributed by atoms with Gasteiger partial charge in [-0.3, -0.25) is 20.3 Å². The van der Waals surface area contributed by atoms with Crippen LogP contribution < -0.4 is 5.32 Å². The van der Waals surface area contributed by atoms with Gasteiger partial charge in [0.2, 0.25) is 0 Å². The van der Waals surface area contributed by atoms with Gasteiger partial charge in [0, 0.05) is 37.0 Å². The highest BCUT2D eigenvalue weighted by atomic mass is 16.6. The van der Waals surface area contributed by atoms with Crippen molar-refractivity contribution in [2.24, 2.45) is 0 Å². The van der Waals surface area contributed by atoms with Gasteiger partial charge in [-0.2, -0.15) is 0 Å². The lowest BCUT2D eigenvalue weighted by Gasteiger charge is -2.43. The summed E-state index contributed by atoms with van der Waals surface area (Å²) in [5, 5.41) is 13.9. The number of piperidine rings is 1. The summed E-state index contributed by atoms with van der Waals surface area (Å²) in [6.07, 6.45) is 0.348. The lowest BCUT2D eigenvalue weighted by Crippen LogP contribution is -2.60. The molecule has 1 amide bonds. The minimum atomic E-state index is -0.644. The Labute approximate surface area is 147 Å². The van der Waals surface area contributed by atoms with Crippen LogP contribution in [0.5, 0.6) is 0 Å². The first-order valence-corrected chi connectivity index (χ1v) is 8.97. The third-order valence-electron chi connectivity index (χ3n) is 5.08. The highest BCUT2D eigenvalue weighted by Crippen LogP contribution is 2.28. The summed E-state index contributed by atoms with van der Waals surface area (Å²) >= 11 is 0. The fourth-order valence-corrected chi connectivity index (χ4v) is 3.93. The van der Waals surface area contributed by atoms with E-state index in [0.717, 1.165) is 13.0 Å². The van der Waals surface area contributed by atoms with Crippen molar-refractivity contribution in [2.75, 3.05) is 32.8 Å². The molecule has 0 spiro atoms. The summed E-state index contributed by atoms with van der Waals surface area (Å²) in [5.74, 6) is 0. The van der Waals surface area contributed by atoms with E-state index in [4.69, 9.17) is 9.47 Å². The van der Waals surface area contributed by atoms with Gasteiger partial charge in [-0.25, -0.2) is 4.79 Å². The molecule has 142 valence electrons. The predicted octanol–water partition coefficient (Wildman–Crippen LogP) is 0.661. The molecule has 3 heterocycles. The highest BCUT2D eigenvalue weighted by molar-refractivity contribution is 5.68. The Morgan fingerprint density at radius 2 is 2.08 bits per heavy atom. The van der Waals surface area contributed by atoms with Crippen LogP contribution >= 0.6 is 0 Å². The Morgan fingerprint density at radius 3 is 2.68 bits per heavy atom. The molecule has 0 aromatic rings. The van der Waals surface area contributed by atoms with E-state index >= 15 is 0 Å². The molecular formula is C16H28N4O5. The molecule has 4 unspecified atom stereocenters. The summed E-state index contributed by atoms with van der Waals surface area (Å²) < 4.78 is 11.3. The second-order valence-corrected chi connectivity index (χ2v) is 8.04. The van der Waals surface area contributed by atoms with E-state index in [1.54, 1.807) is 4.90 Å². The third kappa shape index (κ3) is 4.21. The maximum Gasteiger partial charge on any atom is 0.410 e. The molecule has 25 heavy (non-hydrogen) atoms. The molecule has 9 nitrogen and oxygen atoms in total. The van der Waals surface area contributed by atoms with Crippen LogP contribution in [-0.2, 0) is 9.47 Å². The van der Waals surface area contributed by atoms with Crippen molar-refractivity contribution in [1.29, 1.82) is 0 Å². The van der Waals surface area contributed by atoms with Gasteiger partial charge in [0.15, 0.2) is 0 Å². The number of rotatable bonds is 2. The number of nitrogens with one attached hydrogen (secondary N) is 1. The summed E-state index contributed by atoms with van der Waals surface area (Å²) in [5.41, 5.74) is -0.518. The Morgan fingerprint density at radius 1 is 1.32 bits per heavy atom. The topological polar surface area (TPSA) is 97.2 Å². The molecule has 3 fully saturated rings. The largest absolute Gasteiger partial charge is 0.444 e. The Kier molecular flexibility index (Phi) is 5.17. The number of ether oxygens (including phenoxy) is 2. The molecule has 1 N–H and O–H groups in total. The van der Waals surface area contributed by atoms with E-state index in [1.165, 1.54) is 0 Å². The fourth-order valence-electron chi connectivity index (χ4n) is 3.93. The molecule has 3 aliphatic rings. The number of nitro groups is 1. The molecule has 0 radical (unpaired) electrons. The second kappa shape index (κ2) is 7.05. The number of morpholine rings is 1. The van der Waals surface area contributed by atoms with E-state index in [2.05, 4.69) is 10.2 Å². The Balaban J connectivity index is 1.60. The van der Waals surface area contributed by atoms with Crippen molar-refractivity contribution in [3.05, 3.63) is 10.1 Å². The van der Waals surface area contributed by atoms with Gasteiger partial charge in [-0.05, 0) is 27.2 Å². The molecule has 0 aliphatic carbocycles. The maximum absolute atomic E-state index is 12.3. The summed E-state index contributed by atoms with van der Waals surface area (Å²) in [7, 11) is 0. The number of fused-ring (bicyclic) bond motifs is 1. The van der Waals surface area contributed by atoms with E-state index in [0.29, 0.717) is 32.7 Å². The van der Waals surface area contributed by atoms with Gasteiger partial charge < -0.3 is 14.4 Å². The van der Waals surface area contributed by atoms with Crippen LogP contribution in [0, 0.1) is 10.1 Å². The van der Waals surface area contributed by atoms with Gasteiger partial charge >= 0.3 is 6.09 Å². The zero-order chi connectivity index (χ0) is 18.2. The van der Waals surface area contributed by atoms with Crippen LogP contribution in [0.2, 0.25) is 0 Å². The number of carbonyl (C=O) groups is 1. The van der Waals surface area contributed by atoms with Crippen molar-refractivity contribution in [3.8, 4) is 0 Å². The van der Waals surface area contributed by atoms with E-state index < -0.39 is 11.8 Å². The molecule has 0 aromatic carbocycles. The minimum absolute atomic E-state index is 0.0190. The summed E-state index contributed by atoms with van der Waals surface area (Å²) in [6, 6.07) is 0.367. The standard InChI is InChI=1S/C16H28N4O5/c1-16(2,3)25-15(21)18-9-12-13(10-18)24-7-6-19(12)11-4-5-14(17-8-11)20(22)23/h11-14,17H,4-10H2,1-3H3. The average molecular weight is 356 g/mol. The van der Waals surface area contributed by atoms with Crippen LogP contribution in [-0.4, -0.2) is 83.6 Å². The predicted molar refractivity (Wildman–Crippen MR) is 89.8 cm³/mol. The lowest BCUT2D eigenvalue weighted by molar-refractivity contribution is -0.532. The van der Waals surface area contributed by atoms with Gasteiger partial charge in [-0.15, -0.1) is 0 Å². The lowest BCUT2D eigenvalue weighted by atomic mass is 10.00. The number of hydrogen-bond donors (Lipinski definition) is 1. The van der Waals surface area contributed by atoms with Crippen LogP contribution in [0.3, 0.4) is 0 Å². The molecule has 0 bridgehead atoms. The first kappa shape index (κ1) is 18.3. The summed E-state index contributed by atoms with van der Waals surface area (Å²) in [4.78, 5) is 27.1. The molecule has 3 rings (SSSR count). The Bertz CT molecular complexity index is 515. The van der Waals surface area contributed by atoms with E-state index in [1.807, 2.05) is 20.8 Å². The normalized spacial score (nSPS) is 33.8. The maximum atomic E-state index is 12.3. The van der Waals surface area contributed by atoms with Crippen molar-refractivity contribution < 1.29 is 19.2 Å². The van der Waals surface area contributed by atoms with Gasteiger partial charge in [-0.1, -0.05) is 0 Å². The smallest absolute Gasteiger partial charge is 0.410 e. The third-order valence-corrected chi connectivity index (χ3v) is 5.08. The summed E-state index contributed by atoms with van der Waals surface area (Å²) in [6.45, 7) is 8.70. The van der Waals surface area contributed by atoms with Crippen molar-refractivity contribution in [3.63, 3.8) is 0 Å². The molecule has 3 aliphatic heterocycles. The number of hydrogen-bond acceptors (Lipinski definition) is 7. The molecular weight excluding hydrogens is 328 g/mol. The van der Waals surface area contributed by atoms with Gasteiger partial charge in [0.1, 0.15) is 5.60 Å². The Hall–Kier alpha value is -1.45. The van der Waals surface area contributed by atoms with E-state index in [9.17, 15) is 14.9 Å². The monoisotopic (exact) mass is 356 g/mol. The first-order valence-electron chi connectivity index (χ1n) is 8.97. The quantitative estimate of drug-likeness (QED) is 0.573. The van der Waals surface area contributed by atoms with E-state index in [-0.39, 0.29) is 29.2 Å². The van der Waals surface area contributed by atoms with Crippen LogP contribution in [0.15, 0.2) is 0 Å². The fraction of sp³-hybridized carbons (Fsp3) is 0.938. The van der Waals surface area contributed by atoms with Gasteiger partial charge in [0.25, 0.3) is 6.17 Å². The molecule has 0 saturated carbocycles.